The van der Waals surface area contributed by atoms with Crippen LogP contribution in [0.2, 0.25) is 0 Å². The van der Waals surface area contributed by atoms with Crippen molar-refractivity contribution >= 4 is 17.9 Å². The number of piperazine rings is 1. The molecule has 3 amide bonds. The van der Waals surface area contributed by atoms with Crippen molar-refractivity contribution in [2.75, 3.05) is 26.2 Å². The van der Waals surface area contributed by atoms with E-state index in [4.69, 9.17) is 4.74 Å². The molecule has 1 aromatic carbocycles. The van der Waals surface area contributed by atoms with E-state index in [1.807, 2.05) is 44.2 Å². The Balaban J connectivity index is 1.75. The van der Waals surface area contributed by atoms with Gasteiger partial charge in [0.05, 0.1) is 0 Å². The van der Waals surface area contributed by atoms with Crippen molar-refractivity contribution in [3.05, 3.63) is 35.9 Å². The molecule has 1 atom stereocenters. The van der Waals surface area contributed by atoms with E-state index < -0.39 is 12.1 Å². The van der Waals surface area contributed by atoms with Gasteiger partial charge in [-0.2, -0.15) is 0 Å². The Bertz CT molecular complexity index is 625. The zero-order valence-corrected chi connectivity index (χ0v) is 15.6. The lowest BCUT2D eigenvalue weighted by Crippen LogP contribution is -2.55. The molecule has 0 bridgehead atoms. The maximum atomic E-state index is 12.5. The van der Waals surface area contributed by atoms with Gasteiger partial charge in [-0.05, 0) is 12.5 Å². The van der Waals surface area contributed by atoms with Crippen molar-refractivity contribution in [3.8, 4) is 0 Å². The average molecular weight is 361 g/mol. The normalized spacial score (nSPS) is 15.5. The van der Waals surface area contributed by atoms with Gasteiger partial charge >= 0.3 is 6.09 Å². The first kappa shape index (κ1) is 19.8. The third kappa shape index (κ3) is 5.47. The molecular formula is C19H27N3O4. The van der Waals surface area contributed by atoms with Gasteiger partial charge in [-0.3, -0.25) is 9.59 Å². The molecule has 0 saturated carbocycles. The summed E-state index contributed by atoms with van der Waals surface area (Å²) in [6, 6.07) is 8.67. The molecule has 1 aliphatic heterocycles. The molecule has 0 aromatic heterocycles. The zero-order chi connectivity index (χ0) is 19.1. The summed E-state index contributed by atoms with van der Waals surface area (Å²) in [5.74, 6) is -0.108. The van der Waals surface area contributed by atoms with Gasteiger partial charge in [0.2, 0.25) is 11.8 Å². The van der Waals surface area contributed by atoms with E-state index in [1.54, 1.807) is 16.7 Å². The van der Waals surface area contributed by atoms with Crippen molar-refractivity contribution in [2.24, 2.45) is 5.92 Å². The second-order valence-electron chi connectivity index (χ2n) is 6.73. The first-order valence-electron chi connectivity index (χ1n) is 8.93. The minimum Gasteiger partial charge on any atom is -0.445 e. The predicted octanol–water partition coefficient (Wildman–Crippen LogP) is 1.63. The molecule has 1 heterocycles. The van der Waals surface area contributed by atoms with Crippen LogP contribution in [-0.4, -0.2) is 59.9 Å². The first-order valence-corrected chi connectivity index (χ1v) is 8.93. The summed E-state index contributed by atoms with van der Waals surface area (Å²) in [5, 5.41) is 2.57. The van der Waals surface area contributed by atoms with Gasteiger partial charge in [0.15, 0.2) is 0 Å². The van der Waals surface area contributed by atoms with Gasteiger partial charge in [-0.1, -0.05) is 44.2 Å². The number of nitrogens with zero attached hydrogens (tertiary/aromatic N) is 2. The number of amides is 3. The number of benzene rings is 1. The van der Waals surface area contributed by atoms with E-state index >= 15 is 0 Å². The Hall–Kier alpha value is -2.57. The van der Waals surface area contributed by atoms with E-state index in [1.165, 1.54) is 0 Å². The van der Waals surface area contributed by atoms with Crippen LogP contribution < -0.4 is 5.32 Å². The fraction of sp³-hybridized carbons (Fsp3) is 0.526. The third-order valence-electron chi connectivity index (χ3n) is 4.31. The zero-order valence-electron chi connectivity index (χ0n) is 15.6. The second kappa shape index (κ2) is 9.22. The third-order valence-corrected chi connectivity index (χ3v) is 4.31. The van der Waals surface area contributed by atoms with E-state index in [0.717, 1.165) is 5.56 Å². The molecule has 26 heavy (non-hydrogen) atoms. The van der Waals surface area contributed by atoms with Gasteiger partial charge in [-0.25, -0.2) is 4.79 Å². The molecule has 1 N–H and O–H groups in total. The molecule has 1 fully saturated rings. The fourth-order valence-corrected chi connectivity index (χ4v) is 2.79. The largest absolute Gasteiger partial charge is 0.445 e. The molecule has 142 valence electrons. The van der Waals surface area contributed by atoms with Crippen molar-refractivity contribution < 1.29 is 19.1 Å². The highest BCUT2D eigenvalue weighted by Gasteiger charge is 2.28. The minimum atomic E-state index is -0.675. The van der Waals surface area contributed by atoms with Gasteiger partial charge in [0.25, 0.3) is 0 Å². The molecule has 1 saturated heterocycles. The second-order valence-corrected chi connectivity index (χ2v) is 6.73. The highest BCUT2D eigenvalue weighted by Crippen LogP contribution is 2.08. The van der Waals surface area contributed by atoms with E-state index in [-0.39, 0.29) is 24.3 Å². The number of carbonyl (C=O) groups is 3. The van der Waals surface area contributed by atoms with Gasteiger partial charge < -0.3 is 19.9 Å². The van der Waals surface area contributed by atoms with Gasteiger partial charge in [0.1, 0.15) is 12.6 Å². The Labute approximate surface area is 154 Å². The summed E-state index contributed by atoms with van der Waals surface area (Å²) in [7, 11) is 0. The Morgan fingerprint density at radius 1 is 0.962 bits per heavy atom. The Morgan fingerprint density at radius 3 is 2.04 bits per heavy atom. The molecule has 2 rings (SSSR count). The van der Waals surface area contributed by atoms with Crippen LogP contribution in [0.15, 0.2) is 30.3 Å². The van der Waals surface area contributed by atoms with Crippen LogP contribution in [0.25, 0.3) is 0 Å². The lowest BCUT2D eigenvalue weighted by Gasteiger charge is -2.36. The number of hydrogen-bond donors (Lipinski definition) is 1. The summed E-state index contributed by atoms with van der Waals surface area (Å²) >= 11 is 0. The Morgan fingerprint density at radius 2 is 1.50 bits per heavy atom. The number of alkyl carbamates (subject to hydrolysis) is 1. The summed E-state index contributed by atoms with van der Waals surface area (Å²) in [5.41, 5.74) is 0.882. The monoisotopic (exact) mass is 361 g/mol. The van der Waals surface area contributed by atoms with E-state index in [2.05, 4.69) is 5.32 Å². The summed E-state index contributed by atoms with van der Waals surface area (Å²) in [4.78, 5) is 39.8. The van der Waals surface area contributed by atoms with Crippen LogP contribution in [0.5, 0.6) is 0 Å². The highest BCUT2D eigenvalue weighted by molar-refractivity contribution is 5.85. The molecule has 0 spiro atoms. The van der Waals surface area contributed by atoms with E-state index in [0.29, 0.717) is 26.2 Å². The van der Waals surface area contributed by atoms with Crippen LogP contribution in [0.3, 0.4) is 0 Å². The number of rotatable bonds is 5. The van der Waals surface area contributed by atoms with Crippen molar-refractivity contribution in [2.45, 2.75) is 33.4 Å². The summed E-state index contributed by atoms with van der Waals surface area (Å²) in [6.07, 6.45) is -0.622. The smallest absolute Gasteiger partial charge is 0.408 e. The lowest BCUT2D eigenvalue weighted by atomic mass is 10.1. The van der Waals surface area contributed by atoms with Crippen LogP contribution in [-0.2, 0) is 20.9 Å². The molecular weight excluding hydrogens is 334 g/mol. The molecule has 1 aromatic rings. The standard InChI is InChI=1S/C19H27N3O4/c1-14(2)17(23)21-9-11-22(12-10-21)18(24)15(3)20-19(25)26-13-16-7-5-4-6-8-16/h4-8,14-15H,9-13H2,1-3H3,(H,20,25)/t15-/m0/s1. The first-order chi connectivity index (χ1) is 12.4. The van der Waals surface area contributed by atoms with Gasteiger partial charge in [0, 0.05) is 32.1 Å². The molecule has 0 unspecified atom stereocenters. The number of hydrogen-bond acceptors (Lipinski definition) is 4. The topological polar surface area (TPSA) is 79.0 Å². The van der Waals surface area contributed by atoms with Crippen LogP contribution >= 0.6 is 0 Å². The molecule has 7 heteroatoms. The number of ether oxygens (including phenoxy) is 1. The number of nitrogens with one attached hydrogen (secondary N) is 1. The van der Waals surface area contributed by atoms with Crippen LogP contribution in [0.4, 0.5) is 4.79 Å². The van der Waals surface area contributed by atoms with Crippen molar-refractivity contribution in [1.82, 2.24) is 15.1 Å². The van der Waals surface area contributed by atoms with Gasteiger partial charge in [-0.15, -0.1) is 0 Å². The Kier molecular flexibility index (Phi) is 7.00. The fourth-order valence-electron chi connectivity index (χ4n) is 2.79. The van der Waals surface area contributed by atoms with Crippen LogP contribution in [0, 0.1) is 5.92 Å². The molecule has 0 aliphatic carbocycles. The lowest BCUT2D eigenvalue weighted by molar-refractivity contribution is -0.142. The van der Waals surface area contributed by atoms with Crippen molar-refractivity contribution in [1.29, 1.82) is 0 Å². The predicted molar refractivity (Wildman–Crippen MR) is 97.2 cm³/mol. The SMILES string of the molecule is CC(C)C(=O)N1CCN(C(=O)[C@H](C)NC(=O)OCc2ccccc2)CC1. The molecule has 0 radical (unpaired) electrons. The highest BCUT2D eigenvalue weighted by atomic mass is 16.5. The molecule has 7 nitrogen and oxygen atoms in total. The van der Waals surface area contributed by atoms with Crippen LogP contribution in [0.1, 0.15) is 26.3 Å². The van der Waals surface area contributed by atoms with E-state index in [9.17, 15) is 14.4 Å². The summed E-state index contributed by atoms with van der Waals surface area (Å²) < 4.78 is 5.14. The quantitative estimate of drug-likeness (QED) is 0.864. The maximum Gasteiger partial charge on any atom is 0.408 e. The molecule has 1 aliphatic rings. The maximum absolute atomic E-state index is 12.5. The summed E-state index contributed by atoms with van der Waals surface area (Å²) in [6.45, 7) is 7.52. The van der Waals surface area contributed by atoms with Crippen molar-refractivity contribution in [3.63, 3.8) is 0 Å². The number of carbonyl (C=O) groups excluding carboxylic acids is 3. The minimum absolute atomic E-state index is 0.0442. The average Bonchev–Trinajstić information content (AvgIpc) is 2.66.